The highest BCUT2D eigenvalue weighted by Gasteiger charge is 2.15. The zero-order chi connectivity index (χ0) is 16.7. The van der Waals surface area contributed by atoms with Crippen molar-refractivity contribution in [2.24, 2.45) is 0 Å². The van der Waals surface area contributed by atoms with E-state index in [0.29, 0.717) is 17.8 Å². The lowest BCUT2D eigenvalue weighted by Gasteiger charge is -2.23. The molecule has 0 aliphatic rings. The van der Waals surface area contributed by atoms with Crippen LogP contribution in [0.2, 0.25) is 0 Å². The van der Waals surface area contributed by atoms with Gasteiger partial charge in [-0.05, 0) is 35.9 Å². The number of carbonyl (C=O) groups is 1. The summed E-state index contributed by atoms with van der Waals surface area (Å²) >= 11 is 3.46. The van der Waals surface area contributed by atoms with Crippen molar-refractivity contribution in [3.05, 3.63) is 64.1 Å². The summed E-state index contributed by atoms with van der Waals surface area (Å²) in [7, 11) is 0. The fourth-order valence-corrected chi connectivity index (χ4v) is 2.45. The first-order valence-corrected chi connectivity index (χ1v) is 7.83. The van der Waals surface area contributed by atoms with Gasteiger partial charge in [0.2, 0.25) is 0 Å². The summed E-state index contributed by atoms with van der Waals surface area (Å²) in [6.45, 7) is 0.485. The summed E-state index contributed by atoms with van der Waals surface area (Å²) in [4.78, 5) is 13.9. The quantitative estimate of drug-likeness (QED) is 0.843. The lowest BCUT2D eigenvalue weighted by molar-refractivity contribution is 0.185. The average Bonchev–Trinajstić information content (AvgIpc) is 2.57. The van der Waals surface area contributed by atoms with E-state index in [9.17, 15) is 9.90 Å². The van der Waals surface area contributed by atoms with Crippen molar-refractivity contribution in [3.63, 3.8) is 0 Å². The number of hydrogen-bond acceptors (Lipinski definition) is 3. The zero-order valence-electron chi connectivity index (χ0n) is 12.4. The van der Waals surface area contributed by atoms with Gasteiger partial charge in [-0.25, -0.2) is 4.79 Å². The van der Waals surface area contributed by atoms with Gasteiger partial charge in [0.05, 0.1) is 18.2 Å². The molecule has 2 amide bonds. The van der Waals surface area contributed by atoms with Crippen molar-refractivity contribution < 1.29 is 9.90 Å². The number of nitrogens with one attached hydrogen (secondary N) is 1. The van der Waals surface area contributed by atoms with Gasteiger partial charge in [-0.15, -0.1) is 0 Å². The van der Waals surface area contributed by atoms with E-state index in [1.54, 1.807) is 24.3 Å². The molecule has 0 saturated carbocycles. The molecule has 118 valence electrons. The van der Waals surface area contributed by atoms with Gasteiger partial charge in [-0.2, -0.15) is 5.26 Å². The number of rotatable bonds is 5. The molecule has 5 nitrogen and oxygen atoms in total. The fraction of sp³-hybridized carbons (Fsp3) is 0.176. The van der Waals surface area contributed by atoms with Crippen molar-refractivity contribution in [2.75, 3.05) is 18.5 Å². The molecule has 0 unspecified atom stereocenters. The van der Waals surface area contributed by atoms with Crippen LogP contribution in [0.4, 0.5) is 10.5 Å². The lowest BCUT2D eigenvalue weighted by Crippen LogP contribution is -2.36. The first kappa shape index (κ1) is 17.0. The van der Waals surface area contributed by atoms with Crippen molar-refractivity contribution in [3.8, 4) is 6.07 Å². The molecule has 23 heavy (non-hydrogen) atoms. The molecule has 0 bridgehead atoms. The maximum absolute atomic E-state index is 12.4. The monoisotopic (exact) mass is 373 g/mol. The minimum Gasteiger partial charge on any atom is -0.395 e. The van der Waals surface area contributed by atoms with Crippen LogP contribution in [0.3, 0.4) is 0 Å². The van der Waals surface area contributed by atoms with E-state index in [0.717, 1.165) is 10.0 Å². The van der Waals surface area contributed by atoms with E-state index in [-0.39, 0.29) is 19.2 Å². The third-order valence-corrected chi connectivity index (χ3v) is 4.02. The molecule has 0 radical (unpaired) electrons. The Morgan fingerprint density at radius 1 is 1.22 bits per heavy atom. The molecule has 0 heterocycles. The Morgan fingerprint density at radius 3 is 2.52 bits per heavy atom. The number of benzene rings is 2. The number of anilines is 1. The smallest absolute Gasteiger partial charge is 0.322 e. The molecule has 6 heteroatoms. The van der Waals surface area contributed by atoms with E-state index in [4.69, 9.17) is 5.26 Å². The third kappa shape index (κ3) is 4.81. The number of urea groups is 1. The third-order valence-electron chi connectivity index (χ3n) is 3.24. The summed E-state index contributed by atoms with van der Waals surface area (Å²) in [5.41, 5.74) is 2.09. The first-order valence-electron chi connectivity index (χ1n) is 7.04. The van der Waals surface area contributed by atoms with Crippen LogP contribution in [0.15, 0.2) is 53.0 Å². The second-order valence-electron chi connectivity index (χ2n) is 4.86. The number of hydrogen-bond donors (Lipinski definition) is 2. The summed E-state index contributed by atoms with van der Waals surface area (Å²) in [5, 5.41) is 20.7. The molecule has 2 aromatic rings. The van der Waals surface area contributed by atoms with E-state index in [1.165, 1.54) is 4.90 Å². The Kier molecular flexibility index (Phi) is 6.15. The van der Waals surface area contributed by atoms with Crippen LogP contribution < -0.4 is 5.32 Å². The Labute approximate surface area is 143 Å². The summed E-state index contributed by atoms with van der Waals surface area (Å²) in [5.74, 6) is 0. The maximum atomic E-state index is 12.4. The van der Waals surface area contributed by atoms with Gasteiger partial charge in [0.25, 0.3) is 0 Å². The second kappa shape index (κ2) is 8.32. The van der Waals surface area contributed by atoms with Crippen LogP contribution in [-0.2, 0) is 6.54 Å². The summed E-state index contributed by atoms with van der Waals surface area (Å²) in [6, 6.07) is 16.0. The number of nitriles is 1. The normalized spacial score (nSPS) is 9.96. The number of nitrogens with zero attached hydrogens (tertiary/aromatic N) is 2. The highest BCUT2D eigenvalue weighted by Crippen LogP contribution is 2.18. The molecule has 0 aliphatic carbocycles. The highest BCUT2D eigenvalue weighted by molar-refractivity contribution is 9.10. The summed E-state index contributed by atoms with van der Waals surface area (Å²) in [6.07, 6.45) is 0. The first-order chi connectivity index (χ1) is 11.1. The number of halogens is 1. The zero-order valence-corrected chi connectivity index (χ0v) is 14.0. The van der Waals surface area contributed by atoms with Gasteiger partial charge in [0.1, 0.15) is 0 Å². The molecule has 2 aromatic carbocycles. The average molecular weight is 374 g/mol. The van der Waals surface area contributed by atoms with Crippen LogP contribution in [0.5, 0.6) is 0 Å². The van der Waals surface area contributed by atoms with Crippen LogP contribution in [-0.4, -0.2) is 29.2 Å². The highest BCUT2D eigenvalue weighted by atomic mass is 79.9. The van der Waals surface area contributed by atoms with E-state index >= 15 is 0 Å². The topological polar surface area (TPSA) is 76.4 Å². The minimum atomic E-state index is -0.306. The van der Waals surface area contributed by atoms with Gasteiger partial charge in [-0.1, -0.05) is 34.1 Å². The molecule has 0 spiro atoms. The van der Waals surface area contributed by atoms with Crippen LogP contribution in [0.25, 0.3) is 0 Å². The van der Waals surface area contributed by atoms with E-state index in [2.05, 4.69) is 21.2 Å². The number of aliphatic hydroxyl groups is 1. The largest absolute Gasteiger partial charge is 0.395 e. The van der Waals surface area contributed by atoms with Crippen LogP contribution in [0, 0.1) is 11.3 Å². The predicted octanol–water partition coefficient (Wildman–Crippen LogP) is 3.35. The number of aliphatic hydroxyl groups excluding tert-OH is 1. The van der Waals surface area contributed by atoms with Crippen molar-refractivity contribution in [1.29, 1.82) is 5.26 Å². The molecule has 0 saturated heterocycles. The molecule has 0 fully saturated rings. The maximum Gasteiger partial charge on any atom is 0.322 e. The summed E-state index contributed by atoms with van der Waals surface area (Å²) < 4.78 is 0.911. The van der Waals surface area contributed by atoms with Gasteiger partial charge in [-0.3, -0.25) is 0 Å². The number of amides is 2. The second-order valence-corrected chi connectivity index (χ2v) is 5.71. The van der Waals surface area contributed by atoms with Gasteiger partial charge in [0, 0.05) is 23.2 Å². The van der Waals surface area contributed by atoms with E-state index < -0.39 is 0 Å². The van der Waals surface area contributed by atoms with Gasteiger partial charge < -0.3 is 15.3 Å². The van der Waals surface area contributed by atoms with Crippen molar-refractivity contribution in [1.82, 2.24) is 4.90 Å². The Hall–Kier alpha value is -2.36. The molecule has 0 aliphatic heterocycles. The lowest BCUT2D eigenvalue weighted by atomic mass is 10.2. The SMILES string of the molecule is N#Cc1ccc(NC(=O)N(CCO)Cc2ccccc2Br)cc1. The van der Waals surface area contributed by atoms with Crippen LogP contribution >= 0.6 is 15.9 Å². The molecule has 2 rings (SSSR count). The molecular weight excluding hydrogens is 358 g/mol. The van der Waals surface area contributed by atoms with Crippen molar-refractivity contribution >= 4 is 27.6 Å². The van der Waals surface area contributed by atoms with Gasteiger partial charge >= 0.3 is 6.03 Å². The Balaban J connectivity index is 2.08. The van der Waals surface area contributed by atoms with E-state index in [1.807, 2.05) is 30.3 Å². The standard InChI is InChI=1S/C17H16BrN3O2/c18-16-4-2-1-3-14(16)12-21(9-10-22)17(23)20-15-7-5-13(11-19)6-8-15/h1-8,22H,9-10,12H2,(H,20,23). The molecular formula is C17H16BrN3O2. The molecule has 2 N–H and O–H groups in total. The Bertz CT molecular complexity index is 711. The number of carbonyl (C=O) groups excluding carboxylic acids is 1. The fourth-order valence-electron chi connectivity index (χ4n) is 2.04. The van der Waals surface area contributed by atoms with Gasteiger partial charge in [0.15, 0.2) is 0 Å². The predicted molar refractivity (Wildman–Crippen MR) is 91.8 cm³/mol. The minimum absolute atomic E-state index is 0.120. The molecule has 0 aromatic heterocycles. The molecule has 0 atom stereocenters. The van der Waals surface area contributed by atoms with Crippen LogP contribution in [0.1, 0.15) is 11.1 Å². The van der Waals surface area contributed by atoms with Crippen molar-refractivity contribution in [2.45, 2.75) is 6.54 Å². The Morgan fingerprint density at radius 2 is 1.91 bits per heavy atom.